The Labute approximate surface area is 119 Å². The summed E-state index contributed by atoms with van der Waals surface area (Å²) in [7, 11) is 1.96. The van der Waals surface area contributed by atoms with Crippen molar-refractivity contribution in [2.45, 2.75) is 19.5 Å². The molecule has 1 aromatic heterocycles. The van der Waals surface area contributed by atoms with Gasteiger partial charge in [0.2, 0.25) is 5.91 Å². The number of nitrogens with zero attached hydrogens (tertiary/aromatic N) is 1. The topological polar surface area (TPSA) is 60.0 Å². The Morgan fingerprint density at radius 3 is 2.55 bits per heavy atom. The van der Waals surface area contributed by atoms with E-state index in [4.69, 9.17) is 5.73 Å². The summed E-state index contributed by atoms with van der Waals surface area (Å²) >= 11 is 0. The zero-order valence-corrected chi connectivity index (χ0v) is 11.9. The van der Waals surface area contributed by atoms with Crippen molar-refractivity contribution in [2.75, 3.05) is 0 Å². The van der Waals surface area contributed by atoms with Crippen molar-refractivity contribution in [3.05, 3.63) is 59.9 Å². The van der Waals surface area contributed by atoms with Crippen LogP contribution >= 0.6 is 0 Å². The highest BCUT2D eigenvalue weighted by Crippen LogP contribution is 2.19. The molecule has 2 rings (SSSR count). The zero-order chi connectivity index (χ0) is 14.5. The minimum Gasteiger partial charge on any atom is -0.353 e. The van der Waals surface area contributed by atoms with Crippen LogP contribution in [-0.4, -0.2) is 10.5 Å². The summed E-state index contributed by atoms with van der Waals surface area (Å²) < 4.78 is 1.99. The van der Waals surface area contributed by atoms with E-state index in [1.807, 2.05) is 67.2 Å². The quantitative estimate of drug-likeness (QED) is 0.873. The standard InChI is InChI=1S/C16H21N3O/c1-12(15(17)13-7-4-3-5-8-13)16(20)18-11-14-9-6-10-19(14)2/h3-10,12,15H,11,17H2,1-2H3,(H,18,20). The molecule has 0 spiro atoms. The molecular formula is C16H21N3O. The van der Waals surface area contributed by atoms with Crippen molar-refractivity contribution in [3.63, 3.8) is 0 Å². The van der Waals surface area contributed by atoms with Crippen molar-refractivity contribution < 1.29 is 4.79 Å². The highest BCUT2D eigenvalue weighted by atomic mass is 16.1. The van der Waals surface area contributed by atoms with Crippen LogP contribution in [0, 0.1) is 5.92 Å². The molecule has 2 aromatic rings. The number of aromatic nitrogens is 1. The molecule has 20 heavy (non-hydrogen) atoms. The molecule has 0 fully saturated rings. The molecule has 1 aromatic carbocycles. The second kappa shape index (κ2) is 6.39. The number of nitrogens with two attached hydrogens (primary N) is 1. The summed E-state index contributed by atoms with van der Waals surface area (Å²) in [6, 6.07) is 13.4. The van der Waals surface area contributed by atoms with Gasteiger partial charge in [0.1, 0.15) is 0 Å². The minimum atomic E-state index is -0.287. The van der Waals surface area contributed by atoms with E-state index in [-0.39, 0.29) is 17.9 Å². The van der Waals surface area contributed by atoms with Crippen molar-refractivity contribution in [1.82, 2.24) is 9.88 Å². The number of aryl methyl sites for hydroxylation is 1. The van der Waals surface area contributed by atoms with Crippen molar-refractivity contribution >= 4 is 5.91 Å². The first kappa shape index (κ1) is 14.3. The monoisotopic (exact) mass is 271 g/mol. The Morgan fingerprint density at radius 2 is 1.95 bits per heavy atom. The number of nitrogens with one attached hydrogen (secondary N) is 1. The van der Waals surface area contributed by atoms with Crippen LogP contribution in [0.25, 0.3) is 0 Å². The maximum absolute atomic E-state index is 12.2. The van der Waals surface area contributed by atoms with Crippen LogP contribution in [0.1, 0.15) is 24.2 Å². The minimum absolute atomic E-state index is 0.0254. The van der Waals surface area contributed by atoms with Gasteiger partial charge in [-0.1, -0.05) is 37.3 Å². The average molecular weight is 271 g/mol. The van der Waals surface area contributed by atoms with Crippen molar-refractivity contribution in [2.24, 2.45) is 18.7 Å². The summed E-state index contributed by atoms with van der Waals surface area (Å²) in [4.78, 5) is 12.2. The fraction of sp³-hybridized carbons (Fsp3) is 0.312. The summed E-state index contributed by atoms with van der Waals surface area (Å²) in [5.41, 5.74) is 8.20. The van der Waals surface area contributed by atoms with Gasteiger partial charge in [0.25, 0.3) is 0 Å². The summed E-state index contributed by atoms with van der Waals surface area (Å²) in [6.07, 6.45) is 1.96. The number of benzene rings is 1. The second-order valence-corrected chi connectivity index (χ2v) is 5.05. The zero-order valence-electron chi connectivity index (χ0n) is 11.9. The number of hydrogen-bond donors (Lipinski definition) is 2. The molecule has 4 nitrogen and oxygen atoms in total. The van der Waals surface area contributed by atoms with Crippen LogP contribution in [0.15, 0.2) is 48.7 Å². The molecule has 0 aliphatic rings. The van der Waals surface area contributed by atoms with E-state index < -0.39 is 0 Å². The Balaban J connectivity index is 1.93. The van der Waals surface area contributed by atoms with Gasteiger partial charge in [-0.25, -0.2) is 0 Å². The third-order valence-corrected chi connectivity index (χ3v) is 3.63. The number of carbonyl (C=O) groups is 1. The molecule has 0 saturated heterocycles. The molecule has 2 atom stereocenters. The van der Waals surface area contributed by atoms with Crippen LogP contribution in [-0.2, 0) is 18.4 Å². The first-order valence-corrected chi connectivity index (χ1v) is 6.78. The van der Waals surface area contributed by atoms with Gasteiger partial charge in [-0.15, -0.1) is 0 Å². The van der Waals surface area contributed by atoms with E-state index in [2.05, 4.69) is 5.32 Å². The van der Waals surface area contributed by atoms with Crippen molar-refractivity contribution in [3.8, 4) is 0 Å². The van der Waals surface area contributed by atoms with Gasteiger partial charge in [0.15, 0.2) is 0 Å². The lowest BCUT2D eigenvalue weighted by Gasteiger charge is -2.20. The largest absolute Gasteiger partial charge is 0.353 e. The molecule has 0 saturated carbocycles. The van der Waals surface area contributed by atoms with Gasteiger partial charge in [-0.3, -0.25) is 4.79 Å². The number of amides is 1. The lowest BCUT2D eigenvalue weighted by Crippen LogP contribution is -2.35. The summed E-state index contributed by atoms with van der Waals surface area (Å²) in [6.45, 7) is 2.38. The molecule has 0 bridgehead atoms. The van der Waals surface area contributed by atoms with E-state index in [1.165, 1.54) is 0 Å². The normalized spacial score (nSPS) is 13.8. The van der Waals surface area contributed by atoms with E-state index >= 15 is 0 Å². The predicted molar refractivity (Wildman–Crippen MR) is 79.8 cm³/mol. The molecule has 4 heteroatoms. The Kier molecular flexibility index (Phi) is 4.58. The van der Waals surface area contributed by atoms with Crippen LogP contribution in [0.5, 0.6) is 0 Å². The van der Waals surface area contributed by atoms with Gasteiger partial charge in [-0.2, -0.15) is 0 Å². The van der Waals surface area contributed by atoms with Crippen LogP contribution in [0.2, 0.25) is 0 Å². The Hall–Kier alpha value is -2.07. The molecule has 3 N–H and O–H groups in total. The van der Waals surface area contributed by atoms with E-state index in [1.54, 1.807) is 0 Å². The predicted octanol–water partition coefficient (Wildman–Crippen LogP) is 1.98. The molecule has 0 aliphatic heterocycles. The molecule has 0 radical (unpaired) electrons. The first-order valence-electron chi connectivity index (χ1n) is 6.78. The average Bonchev–Trinajstić information content (AvgIpc) is 2.89. The molecule has 2 unspecified atom stereocenters. The van der Waals surface area contributed by atoms with Gasteiger partial charge < -0.3 is 15.6 Å². The SMILES string of the molecule is CC(C(=O)NCc1cccn1C)C(N)c1ccccc1. The number of rotatable bonds is 5. The number of carbonyl (C=O) groups excluding carboxylic acids is 1. The van der Waals surface area contributed by atoms with E-state index in [0.29, 0.717) is 6.54 Å². The van der Waals surface area contributed by atoms with Gasteiger partial charge in [0, 0.05) is 25.0 Å². The Morgan fingerprint density at radius 1 is 1.25 bits per heavy atom. The van der Waals surface area contributed by atoms with Crippen molar-refractivity contribution in [1.29, 1.82) is 0 Å². The molecule has 106 valence electrons. The fourth-order valence-corrected chi connectivity index (χ4v) is 2.15. The molecule has 1 heterocycles. The molecule has 1 amide bonds. The maximum Gasteiger partial charge on any atom is 0.225 e. The lowest BCUT2D eigenvalue weighted by molar-refractivity contribution is -0.125. The van der Waals surface area contributed by atoms with Gasteiger partial charge in [0.05, 0.1) is 12.5 Å². The van der Waals surface area contributed by atoms with Crippen LogP contribution in [0.4, 0.5) is 0 Å². The Bertz CT molecular complexity index is 562. The summed E-state index contributed by atoms with van der Waals surface area (Å²) in [5, 5.41) is 2.94. The summed E-state index contributed by atoms with van der Waals surface area (Å²) in [5.74, 6) is -0.291. The van der Waals surface area contributed by atoms with Gasteiger partial charge >= 0.3 is 0 Å². The number of hydrogen-bond acceptors (Lipinski definition) is 2. The molecular weight excluding hydrogens is 250 g/mol. The highest BCUT2D eigenvalue weighted by molar-refractivity contribution is 5.79. The highest BCUT2D eigenvalue weighted by Gasteiger charge is 2.21. The fourth-order valence-electron chi connectivity index (χ4n) is 2.15. The lowest BCUT2D eigenvalue weighted by atomic mass is 9.95. The van der Waals surface area contributed by atoms with Crippen LogP contribution in [0.3, 0.4) is 0 Å². The maximum atomic E-state index is 12.2. The van der Waals surface area contributed by atoms with E-state index in [0.717, 1.165) is 11.3 Å². The van der Waals surface area contributed by atoms with Gasteiger partial charge in [-0.05, 0) is 17.7 Å². The molecule has 0 aliphatic carbocycles. The van der Waals surface area contributed by atoms with E-state index in [9.17, 15) is 4.79 Å². The van der Waals surface area contributed by atoms with Crippen LogP contribution < -0.4 is 11.1 Å². The third kappa shape index (κ3) is 3.27. The first-order chi connectivity index (χ1) is 9.59. The second-order valence-electron chi connectivity index (χ2n) is 5.05. The smallest absolute Gasteiger partial charge is 0.225 e. The third-order valence-electron chi connectivity index (χ3n) is 3.63.